The summed E-state index contributed by atoms with van der Waals surface area (Å²) in [4.78, 5) is 20.6. The molecule has 2 heterocycles. The Kier molecular flexibility index (Phi) is 3.53. The molecule has 1 amide bonds. The van der Waals surface area contributed by atoms with Crippen LogP contribution in [0.15, 0.2) is 36.5 Å². The van der Waals surface area contributed by atoms with Crippen molar-refractivity contribution in [3.05, 3.63) is 47.8 Å². The van der Waals surface area contributed by atoms with Crippen LogP contribution in [0.2, 0.25) is 0 Å². The van der Waals surface area contributed by atoms with Crippen LogP contribution in [0.25, 0.3) is 10.2 Å². The van der Waals surface area contributed by atoms with Gasteiger partial charge in [-0.25, -0.2) is 9.97 Å². The zero-order valence-corrected chi connectivity index (χ0v) is 12.5. The van der Waals surface area contributed by atoms with E-state index in [2.05, 4.69) is 26.7 Å². The maximum absolute atomic E-state index is 12.1. The average Bonchev–Trinajstić information content (AvgIpc) is 2.88. The van der Waals surface area contributed by atoms with Crippen LogP contribution in [0.1, 0.15) is 16.1 Å². The molecule has 0 spiro atoms. The first-order valence-electron chi connectivity index (χ1n) is 6.48. The summed E-state index contributed by atoms with van der Waals surface area (Å²) in [5.74, 6) is -0.256. The molecule has 0 fully saturated rings. The molecule has 0 aliphatic rings. The van der Waals surface area contributed by atoms with Gasteiger partial charge in [-0.3, -0.25) is 10.1 Å². The molecule has 0 atom stereocenters. The number of pyridine rings is 1. The van der Waals surface area contributed by atoms with Crippen molar-refractivity contribution < 1.29 is 4.79 Å². The van der Waals surface area contributed by atoms with Crippen LogP contribution in [-0.2, 0) is 0 Å². The van der Waals surface area contributed by atoms with E-state index in [1.165, 1.54) is 16.9 Å². The minimum absolute atomic E-state index is 0.256. The van der Waals surface area contributed by atoms with Crippen LogP contribution < -0.4 is 10.6 Å². The molecule has 0 aliphatic carbocycles. The summed E-state index contributed by atoms with van der Waals surface area (Å²) >= 11 is 1.46. The number of hydrogen-bond donors (Lipinski definition) is 2. The van der Waals surface area contributed by atoms with E-state index in [4.69, 9.17) is 0 Å². The number of hydrogen-bond acceptors (Lipinski definition) is 5. The topological polar surface area (TPSA) is 66.9 Å². The predicted octanol–water partition coefficient (Wildman–Crippen LogP) is 3.29. The third kappa shape index (κ3) is 2.85. The first kappa shape index (κ1) is 13.5. The highest BCUT2D eigenvalue weighted by Crippen LogP contribution is 2.26. The van der Waals surface area contributed by atoms with Crippen molar-refractivity contribution >= 4 is 38.3 Å². The number of carbonyl (C=O) groups is 1. The third-order valence-electron chi connectivity index (χ3n) is 3.05. The maximum Gasteiger partial charge on any atom is 0.276 e. The molecular formula is C15H14N4OS. The lowest BCUT2D eigenvalue weighted by atomic mass is 10.2. The SMILES string of the molecule is CNc1ccc(C(=O)Nc2nc3ccc(C)cc3s2)nc1. The second-order valence-electron chi connectivity index (χ2n) is 4.63. The van der Waals surface area contributed by atoms with Crippen molar-refractivity contribution in [3.8, 4) is 0 Å². The molecular weight excluding hydrogens is 284 g/mol. The number of thiazole rings is 1. The quantitative estimate of drug-likeness (QED) is 0.778. The first-order chi connectivity index (χ1) is 10.2. The first-order valence-corrected chi connectivity index (χ1v) is 7.30. The van der Waals surface area contributed by atoms with Gasteiger partial charge in [0.2, 0.25) is 0 Å². The fourth-order valence-corrected chi connectivity index (χ4v) is 2.88. The van der Waals surface area contributed by atoms with Crippen LogP contribution in [0, 0.1) is 6.92 Å². The van der Waals surface area contributed by atoms with Crippen LogP contribution in [0.4, 0.5) is 10.8 Å². The smallest absolute Gasteiger partial charge is 0.276 e. The van der Waals surface area contributed by atoms with Gasteiger partial charge in [0.05, 0.1) is 22.1 Å². The van der Waals surface area contributed by atoms with Crippen molar-refractivity contribution in [3.63, 3.8) is 0 Å². The van der Waals surface area contributed by atoms with E-state index in [1.54, 1.807) is 19.3 Å². The van der Waals surface area contributed by atoms with E-state index >= 15 is 0 Å². The lowest BCUT2D eigenvalue weighted by molar-refractivity contribution is 0.102. The lowest BCUT2D eigenvalue weighted by Crippen LogP contribution is -2.13. The van der Waals surface area contributed by atoms with E-state index in [1.807, 2.05) is 25.1 Å². The standard InChI is InChI=1S/C15H14N4OS/c1-9-3-5-11-13(7-9)21-15(18-11)19-14(20)12-6-4-10(16-2)8-17-12/h3-8,16H,1-2H3,(H,18,19,20). The predicted molar refractivity (Wildman–Crippen MR) is 86.1 cm³/mol. The zero-order valence-electron chi connectivity index (χ0n) is 11.7. The number of aromatic nitrogens is 2. The van der Waals surface area contributed by atoms with Crippen LogP contribution in [0.3, 0.4) is 0 Å². The van der Waals surface area contributed by atoms with Crippen molar-refractivity contribution in [2.24, 2.45) is 0 Å². The monoisotopic (exact) mass is 298 g/mol. The number of carbonyl (C=O) groups excluding carboxylic acids is 1. The van der Waals surface area contributed by atoms with Gasteiger partial charge in [0.1, 0.15) is 5.69 Å². The number of fused-ring (bicyclic) bond motifs is 1. The summed E-state index contributed by atoms with van der Waals surface area (Å²) in [7, 11) is 1.81. The molecule has 0 bridgehead atoms. The molecule has 3 rings (SSSR count). The van der Waals surface area contributed by atoms with Gasteiger partial charge in [-0.1, -0.05) is 17.4 Å². The lowest BCUT2D eigenvalue weighted by Gasteiger charge is -2.02. The van der Waals surface area contributed by atoms with Gasteiger partial charge in [-0.15, -0.1) is 0 Å². The highest BCUT2D eigenvalue weighted by molar-refractivity contribution is 7.22. The minimum Gasteiger partial charge on any atom is -0.387 e. The fourth-order valence-electron chi connectivity index (χ4n) is 1.92. The highest BCUT2D eigenvalue weighted by atomic mass is 32.1. The second kappa shape index (κ2) is 5.49. The fraction of sp³-hybridized carbons (Fsp3) is 0.133. The Bertz CT molecular complexity index is 795. The molecule has 0 unspecified atom stereocenters. The summed E-state index contributed by atoms with van der Waals surface area (Å²) in [6, 6.07) is 9.51. The maximum atomic E-state index is 12.1. The van der Waals surface area contributed by atoms with Gasteiger partial charge in [0.25, 0.3) is 5.91 Å². The summed E-state index contributed by atoms with van der Waals surface area (Å²) in [5.41, 5.74) is 3.29. The van der Waals surface area contributed by atoms with Crippen LogP contribution >= 0.6 is 11.3 Å². The molecule has 21 heavy (non-hydrogen) atoms. The molecule has 1 aromatic carbocycles. The normalized spacial score (nSPS) is 10.6. The van der Waals surface area contributed by atoms with Crippen molar-refractivity contribution in [2.75, 3.05) is 17.7 Å². The van der Waals surface area contributed by atoms with Crippen molar-refractivity contribution in [1.29, 1.82) is 0 Å². The highest BCUT2D eigenvalue weighted by Gasteiger charge is 2.11. The summed E-state index contributed by atoms with van der Waals surface area (Å²) < 4.78 is 1.06. The Morgan fingerprint density at radius 2 is 2.10 bits per heavy atom. The van der Waals surface area contributed by atoms with Gasteiger partial charge < -0.3 is 5.32 Å². The van der Waals surface area contributed by atoms with Crippen molar-refractivity contribution in [2.45, 2.75) is 6.92 Å². The molecule has 5 nitrogen and oxygen atoms in total. The molecule has 0 radical (unpaired) electrons. The number of benzene rings is 1. The molecule has 0 saturated heterocycles. The van der Waals surface area contributed by atoms with E-state index in [0.29, 0.717) is 10.8 Å². The summed E-state index contributed by atoms with van der Waals surface area (Å²) in [6.45, 7) is 2.03. The summed E-state index contributed by atoms with van der Waals surface area (Å²) in [6.07, 6.45) is 1.62. The van der Waals surface area contributed by atoms with Gasteiger partial charge in [-0.2, -0.15) is 0 Å². The second-order valence-corrected chi connectivity index (χ2v) is 5.66. The van der Waals surface area contributed by atoms with Gasteiger partial charge in [0.15, 0.2) is 5.13 Å². The molecule has 0 aliphatic heterocycles. The number of nitrogens with zero attached hydrogens (tertiary/aromatic N) is 2. The van der Waals surface area contributed by atoms with Crippen LogP contribution in [0.5, 0.6) is 0 Å². The largest absolute Gasteiger partial charge is 0.387 e. The Labute approximate surface area is 126 Å². The molecule has 6 heteroatoms. The number of anilines is 2. The number of rotatable bonds is 3. The van der Waals surface area contributed by atoms with Gasteiger partial charge >= 0.3 is 0 Å². The Morgan fingerprint density at radius 3 is 2.81 bits per heavy atom. The summed E-state index contributed by atoms with van der Waals surface area (Å²) in [5, 5.41) is 6.33. The van der Waals surface area contributed by atoms with E-state index in [-0.39, 0.29) is 5.91 Å². The van der Waals surface area contributed by atoms with Gasteiger partial charge in [0, 0.05) is 7.05 Å². The average molecular weight is 298 g/mol. The van der Waals surface area contributed by atoms with E-state index in [9.17, 15) is 4.79 Å². The molecule has 2 N–H and O–H groups in total. The molecule has 106 valence electrons. The molecule has 2 aromatic heterocycles. The number of amides is 1. The van der Waals surface area contributed by atoms with E-state index < -0.39 is 0 Å². The minimum atomic E-state index is -0.256. The Balaban J connectivity index is 1.81. The van der Waals surface area contributed by atoms with E-state index in [0.717, 1.165) is 15.9 Å². The van der Waals surface area contributed by atoms with Crippen LogP contribution in [-0.4, -0.2) is 22.9 Å². The Hall–Kier alpha value is -2.47. The van der Waals surface area contributed by atoms with Crippen molar-refractivity contribution in [1.82, 2.24) is 9.97 Å². The number of aryl methyl sites for hydroxylation is 1. The number of nitrogens with one attached hydrogen (secondary N) is 2. The molecule has 3 aromatic rings. The Morgan fingerprint density at radius 1 is 1.24 bits per heavy atom. The molecule has 0 saturated carbocycles. The zero-order chi connectivity index (χ0) is 14.8. The third-order valence-corrected chi connectivity index (χ3v) is 3.98. The van der Waals surface area contributed by atoms with Gasteiger partial charge in [-0.05, 0) is 36.8 Å².